The predicted octanol–water partition coefficient (Wildman–Crippen LogP) is 4.88. The van der Waals surface area contributed by atoms with E-state index in [1.165, 1.54) is 4.01 Å². The number of carbonyl (C=O) groups excluding carboxylic acids is 1. The molecule has 3 rings (SSSR count). The lowest BCUT2D eigenvalue weighted by atomic mass is 10.2. The number of hydrogen-bond acceptors (Lipinski definition) is 4. The van der Waals surface area contributed by atoms with E-state index < -0.39 is 0 Å². The summed E-state index contributed by atoms with van der Waals surface area (Å²) in [6, 6.07) is 8.96. The van der Waals surface area contributed by atoms with Crippen molar-refractivity contribution in [1.29, 1.82) is 0 Å². The molecule has 0 aliphatic rings. The molecule has 2 heterocycles. The molecule has 0 aliphatic heterocycles. The molecule has 0 atom stereocenters. The Bertz CT molecular complexity index is 712. The largest absolute Gasteiger partial charge is 0.485 e. The van der Waals surface area contributed by atoms with E-state index in [2.05, 4.69) is 0 Å². The van der Waals surface area contributed by atoms with E-state index in [-0.39, 0.29) is 12.4 Å². The van der Waals surface area contributed by atoms with Gasteiger partial charge < -0.3 is 4.74 Å². The van der Waals surface area contributed by atoms with Gasteiger partial charge in [0.1, 0.15) is 5.75 Å². The minimum atomic E-state index is -0.000370. The summed E-state index contributed by atoms with van der Waals surface area (Å²) >= 11 is 9.04. The van der Waals surface area contributed by atoms with E-state index in [1.54, 1.807) is 46.9 Å². The van der Waals surface area contributed by atoms with Crippen LogP contribution in [0.25, 0.3) is 9.40 Å². The summed E-state index contributed by atoms with van der Waals surface area (Å²) in [6.07, 6.45) is 0. The average Bonchev–Trinajstić information content (AvgIpc) is 3.00. The molecule has 2 aromatic heterocycles. The number of thiophene rings is 2. The Balaban J connectivity index is 1.72. The molecular weight excluding hydrogens is 300 g/mol. The summed E-state index contributed by atoms with van der Waals surface area (Å²) < 4.78 is 6.65. The van der Waals surface area contributed by atoms with E-state index in [0.717, 1.165) is 10.9 Å². The molecule has 96 valence electrons. The minimum absolute atomic E-state index is 0.000370. The zero-order valence-corrected chi connectivity index (χ0v) is 12.1. The highest BCUT2D eigenvalue weighted by Gasteiger charge is 2.13. The van der Waals surface area contributed by atoms with Gasteiger partial charge in [0, 0.05) is 21.4 Å². The fourth-order valence-electron chi connectivity index (χ4n) is 1.74. The Labute approximate surface area is 123 Å². The van der Waals surface area contributed by atoms with Gasteiger partial charge in [0.05, 0.1) is 4.01 Å². The third-order valence-corrected chi connectivity index (χ3v) is 5.01. The van der Waals surface area contributed by atoms with Gasteiger partial charge in [-0.05, 0) is 35.7 Å². The monoisotopic (exact) mass is 308 g/mol. The number of benzene rings is 1. The fraction of sp³-hybridized carbons (Fsp3) is 0.0714. The van der Waals surface area contributed by atoms with Crippen molar-refractivity contribution >= 4 is 49.5 Å². The quantitative estimate of drug-likeness (QED) is 0.642. The molecule has 0 saturated carbocycles. The molecule has 0 aliphatic carbocycles. The summed E-state index contributed by atoms with van der Waals surface area (Å²) in [5.74, 6) is 0.647. The lowest BCUT2D eigenvalue weighted by Crippen LogP contribution is -2.10. The first-order chi connectivity index (χ1) is 9.24. The van der Waals surface area contributed by atoms with Crippen LogP contribution < -0.4 is 4.74 Å². The maximum atomic E-state index is 12.1. The van der Waals surface area contributed by atoms with Crippen LogP contribution in [0.1, 0.15) is 10.4 Å². The molecule has 1 aromatic carbocycles. The summed E-state index contributed by atoms with van der Waals surface area (Å²) in [6.45, 7) is 0.0450. The number of ketones is 1. The van der Waals surface area contributed by atoms with Crippen molar-refractivity contribution in [1.82, 2.24) is 0 Å². The molecule has 0 spiro atoms. The molecule has 2 nitrogen and oxygen atoms in total. The number of carbonyl (C=O) groups is 1. The number of halogens is 1. The molecule has 0 N–H and O–H groups in total. The van der Waals surface area contributed by atoms with Crippen LogP contribution in [0.4, 0.5) is 0 Å². The number of Topliss-reactive ketones (excluding diaryl/α,β-unsaturated/α-hetero) is 1. The van der Waals surface area contributed by atoms with Crippen LogP contribution in [-0.4, -0.2) is 12.4 Å². The first kappa shape index (κ1) is 12.7. The number of hydrogen-bond donors (Lipinski definition) is 0. The molecule has 0 fully saturated rings. The van der Waals surface area contributed by atoms with Crippen molar-refractivity contribution in [2.45, 2.75) is 0 Å². The van der Waals surface area contributed by atoms with E-state index >= 15 is 0 Å². The van der Waals surface area contributed by atoms with Crippen molar-refractivity contribution in [3.63, 3.8) is 0 Å². The van der Waals surface area contributed by atoms with E-state index in [1.807, 2.05) is 16.8 Å². The SMILES string of the molecule is O=C(COc1ccc(Cl)cc1)c1csc2sccc12. The van der Waals surface area contributed by atoms with Gasteiger partial charge in [0.2, 0.25) is 5.78 Å². The van der Waals surface area contributed by atoms with Gasteiger partial charge in [-0.2, -0.15) is 0 Å². The molecule has 0 amide bonds. The average molecular weight is 309 g/mol. The summed E-state index contributed by atoms with van der Waals surface area (Å²) in [5, 5.41) is 5.57. The van der Waals surface area contributed by atoms with Gasteiger partial charge in [-0.25, -0.2) is 0 Å². The minimum Gasteiger partial charge on any atom is -0.485 e. The lowest BCUT2D eigenvalue weighted by molar-refractivity contribution is 0.0923. The standard InChI is InChI=1S/C14H9ClO2S2/c15-9-1-3-10(4-2-9)17-7-13(16)12-8-19-14-11(12)5-6-18-14/h1-6,8H,7H2. The fourth-order valence-corrected chi connectivity index (χ4v) is 3.82. The maximum absolute atomic E-state index is 12.1. The summed E-state index contributed by atoms with van der Waals surface area (Å²) in [5.41, 5.74) is 0.746. The van der Waals surface area contributed by atoms with Crippen LogP contribution in [-0.2, 0) is 0 Å². The summed E-state index contributed by atoms with van der Waals surface area (Å²) in [7, 11) is 0. The molecular formula is C14H9ClO2S2. The molecule has 19 heavy (non-hydrogen) atoms. The van der Waals surface area contributed by atoms with Gasteiger partial charge in [-0.15, -0.1) is 22.7 Å². The maximum Gasteiger partial charge on any atom is 0.201 e. The molecule has 0 radical (unpaired) electrons. The topological polar surface area (TPSA) is 26.3 Å². The zero-order valence-electron chi connectivity index (χ0n) is 9.76. The van der Waals surface area contributed by atoms with Crippen LogP contribution >= 0.6 is 34.3 Å². The Morgan fingerprint density at radius 1 is 1.16 bits per heavy atom. The second-order valence-electron chi connectivity index (χ2n) is 3.94. The first-order valence-electron chi connectivity index (χ1n) is 5.60. The zero-order chi connectivity index (χ0) is 13.2. The second kappa shape index (κ2) is 5.33. The van der Waals surface area contributed by atoms with Crippen LogP contribution in [0.5, 0.6) is 5.75 Å². The predicted molar refractivity (Wildman–Crippen MR) is 81.0 cm³/mol. The van der Waals surface area contributed by atoms with Crippen molar-refractivity contribution in [3.8, 4) is 5.75 Å². The van der Waals surface area contributed by atoms with Crippen molar-refractivity contribution in [2.75, 3.05) is 6.61 Å². The van der Waals surface area contributed by atoms with E-state index in [9.17, 15) is 4.79 Å². The smallest absolute Gasteiger partial charge is 0.201 e. The van der Waals surface area contributed by atoms with Gasteiger partial charge >= 0.3 is 0 Å². The normalized spacial score (nSPS) is 10.8. The van der Waals surface area contributed by atoms with Crippen molar-refractivity contribution in [3.05, 3.63) is 51.7 Å². The molecule has 5 heteroatoms. The Morgan fingerprint density at radius 2 is 1.95 bits per heavy atom. The Hall–Kier alpha value is -1.36. The van der Waals surface area contributed by atoms with Crippen molar-refractivity contribution in [2.24, 2.45) is 0 Å². The molecule has 0 bridgehead atoms. The lowest BCUT2D eigenvalue weighted by Gasteiger charge is -2.04. The van der Waals surface area contributed by atoms with Crippen LogP contribution in [0.2, 0.25) is 5.02 Å². The van der Waals surface area contributed by atoms with E-state index in [0.29, 0.717) is 10.8 Å². The van der Waals surface area contributed by atoms with E-state index in [4.69, 9.17) is 16.3 Å². The molecule has 0 unspecified atom stereocenters. The highest BCUT2D eigenvalue weighted by atomic mass is 35.5. The number of fused-ring (bicyclic) bond motifs is 1. The molecule has 0 saturated heterocycles. The molecule has 3 aromatic rings. The first-order valence-corrected chi connectivity index (χ1v) is 7.74. The summed E-state index contributed by atoms with van der Waals surface area (Å²) in [4.78, 5) is 12.1. The van der Waals surface area contributed by atoms with Gasteiger partial charge in [-0.3, -0.25) is 4.79 Å². The van der Waals surface area contributed by atoms with Gasteiger partial charge in [0.15, 0.2) is 6.61 Å². The number of rotatable bonds is 4. The Morgan fingerprint density at radius 3 is 2.74 bits per heavy atom. The van der Waals surface area contributed by atoms with Gasteiger partial charge in [-0.1, -0.05) is 11.6 Å². The Kier molecular flexibility index (Phi) is 3.55. The van der Waals surface area contributed by atoms with Crippen LogP contribution in [0, 0.1) is 0 Å². The third kappa shape index (κ3) is 2.66. The van der Waals surface area contributed by atoms with Crippen molar-refractivity contribution < 1.29 is 9.53 Å². The number of ether oxygens (including phenoxy) is 1. The highest BCUT2D eigenvalue weighted by Crippen LogP contribution is 2.31. The highest BCUT2D eigenvalue weighted by molar-refractivity contribution is 7.37. The van der Waals surface area contributed by atoms with Gasteiger partial charge in [0.25, 0.3) is 0 Å². The van der Waals surface area contributed by atoms with Crippen LogP contribution in [0.3, 0.4) is 0 Å². The third-order valence-electron chi connectivity index (χ3n) is 2.69. The van der Waals surface area contributed by atoms with Crippen LogP contribution in [0.15, 0.2) is 41.1 Å². The second-order valence-corrected chi connectivity index (χ2v) is 6.43.